The second kappa shape index (κ2) is 6.71. The fraction of sp³-hybridized carbons (Fsp3) is 0.208. The summed E-state index contributed by atoms with van der Waals surface area (Å²) in [6, 6.07) is 18.9. The van der Waals surface area contributed by atoms with Gasteiger partial charge >= 0.3 is 0 Å². The van der Waals surface area contributed by atoms with Crippen molar-refractivity contribution in [2.24, 2.45) is 0 Å². The summed E-state index contributed by atoms with van der Waals surface area (Å²) in [4.78, 5) is 13.0. The van der Waals surface area contributed by atoms with E-state index in [0.29, 0.717) is 0 Å². The van der Waals surface area contributed by atoms with Crippen LogP contribution in [0.3, 0.4) is 0 Å². The largest absolute Gasteiger partial charge is 0.504 e. The Morgan fingerprint density at radius 3 is 2.25 bits per heavy atom. The van der Waals surface area contributed by atoms with Gasteiger partial charge in [0.25, 0.3) is 0 Å². The Kier molecular flexibility index (Phi) is 4.34. The normalized spacial score (nSPS) is 14.5. The lowest BCUT2D eigenvalue weighted by atomic mass is 9.94. The van der Waals surface area contributed by atoms with Crippen LogP contribution in [0.1, 0.15) is 29.5 Å². The molecule has 3 aromatic carbocycles. The molecule has 142 valence electrons. The molecule has 1 aliphatic rings. The third kappa shape index (κ3) is 3.22. The van der Waals surface area contributed by atoms with Crippen molar-refractivity contribution in [1.29, 1.82) is 0 Å². The van der Waals surface area contributed by atoms with Crippen LogP contribution in [0, 0.1) is 13.8 Å². The minimum atomic E-state index is -0.639. The van der Waals surface area contributed by atoms with E-state index < -0.39 is 5.41 Å². The summed E-state index contributed by atoms with van der Waals surface area (Å²) in [5.41, 5.74) is 5.39. The van der Waals surface area contributed by atoms with Crippen molar-refractivity contribution in [3.63, 3.8) is 0 Å². The molecule has 3 N–H and O–H groups in total. The molecule has 4 heteroatoms. The van der Waals surface area contributed by atoms with Gasteiger partial charge in [0.2, 0.25) is 5.91 Å². The van der Waals surface area contributed by atoms with Gasteiger partial charge in [0.15, 0.2) is 11.5 Å². The van der Waals surface area contributed by atoms with Gasteiger partial charge in [-0.2, -0.15) is 0 Å². The van der Waals surface area contributed by atoms with Gasteiger partial charge in [0, 0.05) is 5.69 Å². The highest BCUT2D eigenvalue weighted by Gasteiger charge is 2.51. The quantitative estimate of drug-likeness (QED) is 0.560. The molecule has 0 saturated heterocycles. The summed E-state index contributed by atoms with van der Waals surface area (Å²) >= 11 is 0. The number of carbonyl (C=O) groups excluding carboxylic acids is 1. The maximum absolute atomic E-state index is 13.0. The lowest BCUT2D eigenvalue weighted by Crippen LogP contribution is -2.27. The van der Waals surface area contributed by atoms with Crippen molar-refractivity contribution in [3.05, 3.63) is 77.4 Å². The average molecular weight is 373 g/mol. The number of aryl methyl sites for hydroxylation is 2. The molecule has 0 atom stereocenters. The Morgan fingerprint density at radius 2 is 1.61 bits per heavy atom. The summed E-state index contributed by atoms with van der Waals surface area (Å²) in [6.07, 6.45) is 1.44. The van der Waals surface area contributed by atoms with Crippen molar-refractivity contribution in [2.45, 2.75) is 32.1 Å². The molecule has 0 bridgehead atoms. The number of aromatic hydroxyl groups is 2. The van der Waals surface area contributed by atoms with Gasteiger partial charge in [-0.15, -0.1) is 0 Å². The van der Waals surface area contributed by atoms with E-state index in [0.717, 1.165) is 40.8 Å². The number of anilines is 1. The van der Waals surface area contributed by atoms with E-state index in [9.17, 15) is 15.0 Å². The zero-order valence-corrected chi connectivity index (χ0v) is 16.0. The van der Waals surface area contributed by atoms with E-state index >= 15 is 0 Å². The van der Waals surface area contributed by atoms with E-state index in [1.54, 1.807) is 6.07 Å². The number of phenols is 2. The van der Waals surface area contributed by atoms with Crippen molar-refractivity contribution < 1.29 is 15.0 Å². The number of hydrogen-bond acceptors (Lipinski definition) is 3. The van der Waals surface area contributed by atoms with Gasteiger partial charge in [-0.25, -0.2) is 0 Å². The van der Waals surface area contributed by atoms with Crippen LogP contribution in [0.15, 0.2) is 60.7 Å². The molecule has 1 aliphatic carbocycles. The predicted octanol–water partition coefficient (Wildman–Crippen LogP) is 5.05. The van der Waals surface area contributed by atoms with Gasteiger partial charge in [0.05, 0.1) is 5.41 Å². The maximum atomic E-state index is 13.0. The smallest absolute Gasteiger partial charge is 0.235 e. The first-order valence-corrected chi connectivity index (χ1v) is 9.41. The van der Waals surface area contributed by atoms with Crippen molar-refractivity contribution in [2.75, 3.05) is 5.32 Å². The highest BCUT2D eigenvalue weighted by atomic mass is 16.3. The van der Waals surface area contributed by atoms with Crippen molar-refractivity contribution in [1.82, 2.24) is 0 Å². The van der Waals surface area contributed by atoms with Gasteiger partial charge in [-0.3, -0.25) is 4.79 Å². The first-order valence-electron chi connectivity index (χ1n) is 9.41. The van der Waals surface area contributed by atoms with Gasteiger partial charge < -0.3 is 15.5 Å². The summed E-state index contributed by atoms with van der Waals surface area (Å²) in [5, 5.41) is 22.4. The number of amides is 1. The van der Waals surface area contributed by atoms with Gasteiger partial charge in [-0.1, -0.05) is 42.0 Å². The third-order valence-electron chi connectivity index (χ3n) is 5.57. The Balaban J connectivity index is 1.60. The van der Waals surface area contributed by atoms with Crippen LogP contribution in [0.2, 0.25) is 0 Å². The molecule has 0 aliphatic heterocycles. The highest BCUT2D eigenvalue weighted by Crippen LogP contribution is 2.50. The molecule has 0 radical (unpaired) electrons. The van der Waals surface area contributed by atoms with Crippen LogP contribution < -0.4 is 5.32 Å². The van der Waals surface area contributed by atoms with E-state index in [1.165, 1.54) is 17.7 Å². The van der Waals surface area contributed by atoms with Crippen LogP contribution in [0.5, 0.6) is 11.5 Å². The molecule has 4 rings (SSSR count). The Bertz CT molecular complexity index is 1050. The van der Waals surface area contributed by atoms with Gasteiger partial charge in [-0.05, 0) is 73.2 Å². The van der Waals surface area contributed by atoms with Crippen LogP contribution in [0.4, 0.5) is 5.69 Å². The number of nitrogens with one attached hydrogen (secondary N) is 1. The van der Waals surface area contributed by atoms with Crippen LogP contribution in [-0.2, 0) is 10.2 Å². The second-order valence-corrected chi connectivity index (χ2v) is 7.64. The monoisotopic (exact) mass is 373 g/mol. The fourth-order valence-electron chi connectivity index (χ4n) is 3.59. The lowest BCUT2D eigenvalue weighted by molar-refractivity contribution is -0.118. The first kappa shape index (κ1) is 18.1. The minimum absolute atomic E-state index is 0.0868. The molecule has 1 amide bonds. The van der Waals surface area contributed by atoms with E-state index in [-0.39, 0.29) is 17.4 Å². The molecule has 0 heterocycles. The zero-order chi connectivity index (χ0) is 19.9. The summed E-state index contributed by atoms with van der Waals surface area (Å²) < 4.78 is 0. The number of phenolic OH excluding ortho intramolecular Hbond substituents is 2. The van der Waals surface area contributed by atoms with E-state index in [4.69, 9.17) is 0 Å². The van der Waals surface area contributed by atoms with Crippen LogP contribution in [0.25, 0.3) is 11.1 Å². The first-order chi connectivity index (χ1) is 13.4. The average Bonchev–Trinajstić information content (AvgIpc) is 3.48. The Hall–Kier alpha value is -3.27. The molecule has 0 spiro atoms. The molecular weight excluding hydrogens is 350 g/mol. The van der Waals surface area contributed by atoms with E-state index in [1.807, 2.05) is 18.2 Å². The van der Waals surface area contributed by atoms with Crippen molar-refractivity contribution in [3.8, 4) is 22.6 Å². The van der Waals surface area contributed by atoms with Crippen LogP contribution >= 0.6 is 0 Å². The topological polar surface area (TPSA) is 69.6 Å². The third-order valence-corrected chi connectivity index (χ3v) is 5.57. The molecule has 0 aromatic heterocycles. The highest BCUT2D eigenvalue weighted by molar-refractivity contribution is 6.02. The van der Waals surface area contributed by atoms with Crippen LogP contribution in [-0.4, -0.2) is 16.1 Å². The standard InChI is InChI=1S/C24H23NO3/c1-15-3-6-17(7-4-15)20-14-19(9-5-16(20)2)25-23(28)24(11-12-24)18-8-10-21(26)22(27)13-18/h3-10,13-14,26-27H,11-12H2,1-2H3,(H,25,28). The van der Waals surface area contributed by atoms with E-state index in [2.05, 4.69) is 43.4 Å². The zero-order valence-electron chi connectivity index (χ0n) is 16.0. The lowest BCUT2D eigenvalue weighted by Gasteiger charge is -2.17. The second-order valence-electron chi connectivity index (χ2n) is 7.64. The Morgan fingerprint density at radius 1 is 0.893 bits per heavy atom. The number of benzene rings is 3. The fourth-order valence-corrected chi connectivity index (χ4v) is 3.59. The molecule has 4 nitrogen and oxygen atoms in total. The predicted molar refractivity (Wildman–Crippen MR) is 111 cm³/mol. The SMILES string of the molecule is Cc1ccc(-c2cc(NC(=O)C3(c4ccc(O)c(O)c4)CC3)ccc2C)cc1. The molecule has 1 fully saturated rings. The number of rotatable bonds is 4. The minimum Gasteiger partial charge on any atom is -0.504 e. The number of hydrogen-bond donors (Lipinski definition) is 3. The molecular formula is C24H23NO3. The summed E-state index contributed by atoms with van der Waals surface area (Å²) in [6.45, 7) is 4.12. The van der Waals surface area contributed by atoms with Crippen molar-refractivity contribution >= 4 is 11.6 Å². The summed E-state index contributed by atoms with van der Waals surface area (Å²) in [7, 11) is 0. The van der Waals surface area contributed by atoms with Gasteiger partial charge in [0.1, 0.15) is 0 Å². The molecule has 3 aromatic rings. The Labute approximate surface area is 164 Å². The summed E-state index contributed by atoms with van der Waals surface area (Å²) in [5.74, 6) is -0.467. The molecule has 1 saturated carbocycles. The molecule has 28 heavy (non-hydrogen) atoms. The number of carbonyl (C=O) groups is 1. The molecule has 0 unspecified atom stereocenters. The maximum Gasteiger partial charge on any atom is 0.235 e.